The topological polar surface area (TPSA) is 46.1 Å². The molecule has 2 aliphatic heterocycles. The van der Waals surface area contributed by atoms with Gasteiger partial charge < -0.3 is 20.4 Å². The number of likely N-dealkylation sites (N-methyl/N-ethyl adjacent to an activating group) is 1. The van der Waals surface area contributed by atoms with Crippen LogP contribution in [-0.4, -0.2) is 99.2 Å². The molecular formula is C20H42N6. The zero-order chi connectivity index (χ0) is 18.8. The Bertz CT molecular complexity index is 409. The summed E-state index contributed by atoms with van der Waals surface area (Å²) in [6.07, 6.45) is 6.51. The Morgan fingerprint density at radius 2 is 1.62 bits per heavy atom. The summed E-state index contributed by atoms with van der Waals surface area (Å²) in [7, 11) is 4.08. The van der Waals surface area contributed by atoms with Crippen LogP contribution in [0.3, 0.4) is 0 Å². The molecule has 0 amide bonds. The van der Waals surface area contributed by atoms with Crippen LogP contribution in [0.2, 0.25) is 0 Å². The molecule has 0 radical (unpaired) electrons. The normalized spacial score (nSPS) is 21.8. The number of nitrogens with one attached hydrogen (secondary N) is 2. The molecule has 2 heterocycles. The lowest BCUT2D eigenvalue weighted by Crippen LogP contribution is -2.54. The molecule has 2 saturated heterocycles. The first-order valence-corrected chi connectivity index (χ1v) is 10.6. The zero-order valence-corrected chi connectivity index (χ0v) is 17.7. The van der Waals surface area contributed by atoms with Gasteiger partial charge in [0.25, 0.3) is 0 Å². The van der Waals surface area contributed by atoms with Crippen LogP contribution in [0.25, 0.3) is 0 Å². The first kappa shape index (κ1) is 21.5. The first-order chi connectivity index (χ1) is 12.5. The van der Waals surface area contributed by atoms with Crippen molar-refractivity contribution in [1.82, 2.24) is 25.3 Å². The average molecular weight is 367 g/mol. The van der Waals surface area contributed by atoms with Crippen LogP contribution < -0.4 is 10.6 Å². The third-order valence-corrected chi connectivity index (χ3v) is 5.91. The Labute approximate surface area is 161 Å². The van der Waals surface area contributed by atoms with Gasteiger partial charge in [0.1, 0.15) is 0 Å². The lowest BCUT2D eigenvalue weighted by Gasteiger charge is -2.41. The molecule has 6 nitrogen and oxygen atoms in total. The van der Waals surface area contributed by atoms with Gasteiger partial charge in [-0.15, -0.1) is 0 Å². The maximum absolute atomic E-state index is 4.39. The zero-order valence-electron chi connectivity index (χ0n) is 17.7. The Balaban J connectivity index is 1.57. The summed E-state index contributed by atoms with van der Waals surface area (Å²) in [6, 6.07) is 0. The van der Waals surface area contributed by atoms with Crippen molar-refractivity contribution in [2.45, 2.75) is 51.5 Å². The van der Waals surface area contributed by atoms with Crippen molar-refractivity contribution in [3.8, 4) is 0 Å². The van der Waals surface area contributed by atoms with Crippen LogP contribution in [0.4, 0.5) is 0 Å². The van der Waals surface area contributed by atoms with E-state index in [2.05, 4.69) is 51.2 Å². The molecule has 0 bridgehead atoms. The molecule has 0 spiro atoms. The molecule has 0 unspecified atom stereocenters. The number of aliphatic imine (C=N–C) groups is 1. The fraction of sp³-hybridized carbons (Fsp3) is 0.950. The molecule has 6 heteroatoms. The van der Waals surface area contributed by atoms with Gasteiger partial charge in [-0.3, -0.25) is 9.89 Å². The van der Waals surface area contributed by atoms with E-state index in [1.165, 1.54) is 77.9 Å². The minimum absolute atomic E-state index is 0.180. The minimum Gasteiger partial charge on any atom is -0.356 e. The van der Waals surface area contributed by atoms with Crippen LogP contribution in [0, 0.1) is 0 Å². The fourth-order valence-corrected chi connectivity index (χ4v) is 3.87. The van der Waals surface area contributed by atoms with Gasteiger partial charge in [-0.05, 0) is 66.2 Å². The molecule has 2 rings (SSSR count). The van der Waals surface area contributed by atoms with Gasteiger partial charge in [0, 0.05) is 51.9 Å². The second-order valence-corrected chi connectivity index (χ2v) is 8.56. The fourth-order valence-electron chi connectivity index (χ4n) is 3.87. The molecule has 2 fully saturated rings. The quantitative estimate of drug-likeness (QED) is 0.387. The predicted octanol–water partition coefficient (Wildman–Crippen LogP) is 1.44. The highest BCUT2D eigenvalue weighted by Crippen LogP contribution is 2.19. The molecule has 0 aliphatic carbocycles. The van der Waals surface area contributed by atoms with E-state index in [4.69, 9.17) is 0 Å². The predicted molar refractivity (Wildman–Crippen MR) is 112 cm³/mol. The number of rotatable bonds is 8. The molecule has 2 N–H and O–H groups in total. The van der Waals surface area contributed by atoms with E-state index < -0.39 is 0 Å². The summed E-state index contributed by atoms with van der Waals surface area (Å²) >= 11 is 0. The summed E-state index contributed by atoms with van der Waals surface area (Å²) in [5, 5.41) is 7.02. The number of guanidine groups is 1. The van der Waals surface area contributed by atoms with E-state index in [1.807, 2.05) is 7.05 Å². The number of piperidine rings is 1. The van der Waals surface area contributed by atoms with E-state index in [1.54, 1.807) is 0 Å². The van der Waals surface area contributed by atoms with Gasteiger partial charge in [0.05, 0.1) is 0 Å². The summed E-state index contributed by atoms with van der Waals surface area (Å²) in [4.78, 5) is 12.0. The van der Waals surface area contributed by atoms with Crippen LogP contribution in [0.5, 0.6) is 0 Å². The summed E-state index contributed by atoms with van der Waals surface area (Å²) in [5.41, 5.74) is 0.180. The minimum atomic E-state index is 0.180. The van der Waals surface area contributed by atoms with Crippen molar-refractivity contribution in [3.05, 3.63) is 0 Å². The number of likely N-dealkylation sites (tertiary alicyclic amines) is 1. The van der Waals surface area contributed by atoms with Crippen LogP contribution in [0.1, 0.15) is 46.0 Å². The number of hydrogen-bond donors (Lipinski definition) is 2. The molecule has 0 atom stereocenters. The number of unbranched alkanes of at least 4 members (excludes halogenated alkanes) is 1. The average Bonchev–Trinajstić information content (AvgIpc) is 2.66. The smallest absolute Gasteiger partial charge is 0.191 e. The van der Waals surface area contributed by atoms with Gasteiger partial charge in [-0.25, -0.2) is 0 Å². The van der Waals surface area contributed by atoms with Crippen molar-refractivity contribution < 1.29 is 0 Å². The molecule has 0 aromatic carbocycles. The molecule has 0 aromatic rings. The van der Waals surface area contributed by atoms with Gasteiger partial charge in [0.15, 0.2) is 5.96 Å². The Kier molecular flexibility index (Phi) is 9.16. The van der Waals surface area contributed by atoms with E-state index in [-0.39, 0.29) is 5.54 Å². The summed E-state index contributed by atoms with van der Waals surface area (Å²) in [6.45, 7) is 15.2. The Morgan fingerprint density at radius 1 is 0.923 bits per heavy atom. The first-order valence-electron chi connectivity index (χ1n) is 10.6. The van der Waals surface area contributed by atoms with Crippen molar-refractivity contribution >= 4 is 5.96 Å². The lowest BCUT2D eigenvalue weighted by atomic mass is 9.98. The van der Waals surface area contributed by atoms with Crippen LogP contribution in [0.15, 0.2) is 4.99 Å². The monoisotopic (exact) mass is 366 g/mol. The largest absolute Gasteiger partial charge is 0.356 e. The number of hydrogen-bond acceptors (Lipinski definition) is 4. The van der Waals surface area contributed by atoms with Gasteiger partial charge in [-0.1, -0.05) is 6.42 Å². The lowest BCUT2D eigenvalue weighted by molar-refractivity contribution is 0.0982. The van der Waals surface area contributed by atoms with E-state index in [0.717, 1.165) is 19.0 Å². The van der Waals surface area contributed by atoms with E-state index >= 15 is 0 Å². The second kappa shape index (κ2) is 11.1. The highest BCUT2D eigenvalue weighted by molar-refractivity contribution is 5.79. The van der Waals surface area contributed by atoms with Gasteiger partial charge in [-0.2, -0.15) is 0 Å². The molecule has 2 aliphatic rings. The van der Waals surface area contributed by atoms with E-state index in [0.29, 0.717) is 0 Å². The molecule has 152 valence electrons. The summed E-state index contributed by atoms with van der Waals surface area (Å²) < 4.78 is 0. The van der Waals surface area contributed by atoms with Crippen molar-refractivity contribution in [2.24, 2.45) is 4.99 Å². The van der Waals surface area contributed by atoms with E-state index in [9.17, 15) is 0 Å². The van der Waals surface area contributed by atoms with Gasteiger partial charge >= 0.3 is 0 Å². The van der Waals surface area contributed by atoms with Crippen molar-refractivity contribution in [3.63, 3.8) is 0 Å². The Morgan fingerprint density at radius 3 is 2.27 bits per heavy atom. The SMILES string of the molecule is CN=C(NCCCCN1CCN(C)CC1)NCC(C)(C)N1CCCCC1. The summed E-state index contributed by atoms with van der Waals surface area (Å²) in [5.74, 6) is 0.940. The maximum atomic E-state index is 4.39. The molecular weight excluding hydrogens is 324 g/mol. The van der Waals surface area contributed by atoms with Crippen molar-refractivity contribution in [2.75, 3.05) is 73.0 Å². The third kappa shape index (κ3) is 7.41. The molecule has 0 aromatic heterocycles. The maximum Gasteiger partial charge on any atom is 0.191 e. The van der Waals surface area contributed by atoms with Crippen LogP contribution >= 0.6 is 0 Å². The molecule has 26 heavy (non-hydrogen) atoms. The highest BCUT2D eigenvalue weighted by Gasteiger charge is 2.27. The van der Waals surface area contributed by atoms with Crippen molar-refractivity contribution in [1.29, 1.82) is 0 Å². The Hall–Kier alpha value is -0.850. The number of piperazine rings is 1. The molecule has 0 saturated carbocycles. The standard InChI is InChI=1S/C20H42N6/c1-20(2,26-12-7-5-8-13-26)18-23-19(21-3)22-10-6-9-11-25-16-14-24(4)15-17-25/h5-18H2,1-4H3,(H2,21,22,23). The highest BCUT2D eigenvalue weighted by atomic mass is 15.3. The second-order valence-electron chi connectivity index (χ2n) is 8.56. The third-order valence-electron chi connectivity index (χ3n) is 5.91. The van der Waals surface area contributed by atoms with Gasteiger partial charge in [0.2, 0.25) is 0 Å². The van der Waals surface area contributed by atoms with Crippen LogP contribution in [-0.2, 0) is 0 Å². The number of nitrogens with zero attached hydrogens (tertiary/aromatic N) is 4.